The van der Waals surface area contributed by atoms with Crippen LogP contribution < -0.4 is 0 Å². The summed E-state index contributed by atoms with van der Waals surface area (Å²) in [6, 6.07) is 18.3. The van der Waals surface area contributed by atoms with E-state index in [9.17, 15) is 14.7 Å². The fourth-order valence-corrected chi connectivity index (χ4v) is 3.43. The smallest absolute Gasteiger partial charge is 0.311 e. The van der Waals surface area contributed by atoms with Crippen molar-refractivity contribution in [1.82, 2.24) is 0 Å². The number of carbonyl (C=O) groups excluding carboxylic acids is 1. The lowest BCUT2D eigenvalue weighted by Crippen LogP contribution is -2.31. The summed E-state index contributed by atoms with van der Waals surface area (Å²) in [6.07, 6.45) is 0.850. The first-order valence-electron chi connectivity index (χ1n) is 9.92. The predicted octanol–water partition coefficient (Wildman–Crippen LogP) is 5.95. The zero-order chi connectivity index (χ0) is 21.2. The van der Waals surface area contributed by atoms with Gasteiger partial charge < -0.3 is 9.84 Å². The van der Waals surface area contributed by atoms with Crippen LogP contribution in [-0.4, -0.2) is 17.0 Å². The van der Waals surface area contributed by atoms with Crippen molar-refractivity contribution in [2.75, 3.05) is 0 Å². The average molecular weight is 392 g/mol. The molecule has 0 aromatic heterocycles. The molecule has 0 aliphatic heterocycles. The predicted molar refractivity (Wildman–Crippen MR) is 116 cm³/mol. The molecule has 4 heteroatoms. The molecule has 0 amide bonds. The zero-order valence-corrected chi connectivity index (χ0v) is 17.5. The second kappa shape index (κ2) is 7.86. The monoisotopic (exact) mass is 392 g/mol. The highest BCUT2D eigenvalue weighted by molar-refractivity contribution is 6.02. The summed E-state index contributed by atoms with van der Waals surface area (Å²) >= 11 is 0. The van der Waals surface area contributed by atoms with Crippen molar-refractivity contribution < 1.29 is 19.4 Å². The number of benzene rings is 3. The van der Waals surface area contributed by atoms with Gasteiger partial charge in [-0.15, -0.1) is 0 Å². The Balaban J connectivity index is 1.82. The molecule has 3 rings (SSSR count). The third-order valence-corrected chi connectivity index (χ3v) is 5.74. The maximum absolute atomic E-state index is 12.8. The van der Waals surface area contributed by atoms with Gasteiger partial charge >= 0.3 is 11.9 Å². The summed E-state index contributed by atoms with van der Waals surface area (Å²) in [5, 5.41) is 13.7. The molecule has 0 aliphatic carbocycles. The third-order valence-electron chi connectivity index (χ3n) is 5.74. The topological polar surface area (TPSA) is 63.6 Å². The number of esters is 1. The van der Waals surface area contributed by atoms with Gasteiger partial charge in [-0.3, -0.25) is 9.59 Å². The van der Waals surface area contributed by atoms with Crippen LogP contribution in [-0.2, 0) is 20.9 Å². The second-order valence-electron chi connectivity index (χ2n) is 8.95. The van der Waals surface area contributed by atoms with Crippen molar-refractivity contribution in [3.05, 3.63) is 60.2 Å². The highest BCUT2D eigenvalue weighted by Gasteiger charge is 2.35. The van der Waals surface area contributed by atoms with Crippen LogP contribution in [0.25, 0.3) is 21.5 Å². The molecule has 0 atom stereocenters. The summed E-state index contributed by atoms with van der Waals surface area (Å²) in [5.74, 6) is -1.17. The normalized spacial score (nSPS) is 12.3. The largest absolute Gasteiger partial charge is 0.481 e. The van der Waals surface area contributed by atoms with E-state index in [0.29, 0.717) is 12.8 Å². The minimum Gasteiger partial charge on any atom is -0.481 e. The second-order valence-corrected chi connectivity index (χ2v) is 8.95. The van der Waals surface area contributed by atoms with Gasteiger partial charge in [0.15, 0.2) is 0 Å². The number of hydrogen-bond acceptors (Lipinski definition) is 3. The summed E-state index contributed by atoms with van der Waals surface area (Å²) in [7, 11) is 0. The fraction of sp³-hybridized carbons (Fsp3) is 0.360. The minimum absolute atomic E-state index is 0.187. The van der Waals surface area contributed by atoms with Gasteiger partial charge in [0, 0.05) is 5.56 Å². The van der Waals surface area contributed by atoms with Crippen molar-refractivity contribution >= 4 is 33.5 Å². The van der Waals surface area contributed by atoms with E-state index in [1.54, 1.807) is 13.8 Å². The molecule has 0 spiro atoms. The number of carboxylic acid groups (broad SMARTS) is 1. The summed E-state index contributed by atoms with van der Waals surface area (Å²) in [4.78, 5) is 24.2. The molecule has 0 heterocycles. The van der Waals surface area contributed by atoms with E-state index >= 15 is 0 Å². The summed E-state index contributed by atoms with van der Waals surface area (Å²) in [6.45, 7) is 7.17. The standard InChI is InChI=1S/C25H28O4/c1-24(2,22(26)27)13-14-25(3,4)23(28)29-16-21-19-11-7-5-9-17(19)15-18-10-6-8-12-20(18)21/h5-12,15H,13-14,16H2,1-4H3,(H,26,27). The van der Waals surface area contributed by atoms with Crippen molar-refractivity contribution in [3.63, 3.8) is 0 Å². The minimum atomic E-state index is -0.872. The van der Waals surface area contributed by atoms with E-state index in [1.807, 2.05) is 50.2 Å². The van der Waals surface area contributed by atoms with Crippen LogP contribution in [0, 0.1) is 10.8 Å². The molecule has 0 aliphatic rings. The molecule has 1 N–H and O–H groups in total. The van der Waals surface area contributed by atoms with Crippen LogP contribution >= 0.6 is 0 Å². The third kappa shape index (κ3) is 4.42. The maximum Gasteiger partial charge on any atom is 0.311 e. The Morgan fingerprint density at radius 1 is 0.828 bits per heavy atom. The van der Waals surface area contributed by atoms with Gasteiger partial charge in [-0.05, 0) is 68.1 Å². The number of carbonyl (C=O) groups is 2. The van der Waals surface area contributed by atoms with Crippen molar-refractivity contribution in [1.29, 1.82) is 0 Å². The molecule has 152 valence electrons. The molecule has 3 aromatic rings. The van der Waals surface area contributed by atoms with Gasteiger partial charge in [0.05, 0.1) is 10.8 Å². The molecule has 0 unspecified atom stereocenters. The molecule has 0 saturated carbocycles. The SMILES string of the molecule is CC(C)(CCC(C)(C)C(=O)OCc1c2ccccc2cc2ccccc12)C(=O)O. The van der Waals surface area contributed by atoms with Gasteiger partial charge in [-0.1, -0.05) is 48.5 Å². The number of fused-ring (bicyclic) bond motifs is 2. The average Bonchev–Trinajstić information content (AvgIpc) is 2.69. The number of aliphatic carboxylic acids is 1. The highest BCUT2D eigenvalue weighted by Crippen LogP contribution is 2.33. The maximum atomic E-state index is 12.8. The van der Waals surface area contributed by atoms with Gasteiger partial charge in [-0.25, -0.2) is 0 Å². The van der Waals surface area contributed by atoms with E-state index in [0.717, 1.165) is 27.1 Å². The van der Waals surface area contributed by atoms with Gasteiger partial charge in [0.25, 0.3) is 0 Å². The number of rotatable bonds is 7. The van der Waals surface area contributed by atoms with E-state index < -0.39 is 16.8 Å². The highest BCUT2D eigenvalue weighted by atomic mass is 16.5. The first kappa shape index (κ1) is 20.8. The van der Waals surface area contributed by atoms with E-state index in [-0.39, 0.29) is 12.6 Å². The van der Waals surface area contributed by atoms with Crippen molar-refractivity contribution in [2.24, 2.45) is 10.8 Å². The first-order chi connectivity index (χ1) is 13.6. The van der Waals surface area contributed by atoms with Crippen LogP contribution in [0.4, 0.5) is 0 Å². The van der Waals surface area contributed by atoms with Crippen LogP contribution in [0.2, 0.25) is 0 Å². The Morgan fingerprint density at radius 3 is 1.83 bits per heavy atom. The lowest BCUT2D eigenvalue weighted by molar-refractivity contribution is -0.157. The Morgan fingerprint density at radius 2 is 1.31 bits per heavy atom. The van der Waals surface area contributed by atoms with E-state index in [4.69, 9.17) is 4.74 Å². The number of ether oxygens (including phenoxy) is 1. The summed E-state index contributed by atoms with van der Waals surface area (Å²) in [5.41, 5.74) is -0.634. The molecule has 0 saturated heterocycles. The molecule has 0 bridgehead atoms. The Labute approximate surface area is 171 Å². The number of carboxylic acids is 1. The lowest BCUT2D eigenvalue weighted by atomic mass is 9.79. The number of hydrogen-bond donors (Lipinski definition) is 1. The van der Waals surface area contributed by atoms with Gasteiger partial charge in [0.2, 0.25) is 0 Å². The van der Waals surface area contributed by atoms with E-state index in [2.05, 4.69) is 18.2 Å². The van der Waals surface area contributed by atoms with Crippen LogP contribution in [0.15, 0.2) is 54.6 Å². The van der Waals surface area contributed by atoms with Crippen molar-refractivity contribution in [3.8, 4) is 0 Å². The zero-order valence-electron chi connectivity index (χ0n) is 17.5. The Hall–Kier alpha value is -2.88. The molecule has 0 fully saturated rings. The Kier molecular flexibility index (Phi) is 5.65. The Bertz CT molecular complexity index is 1010. The van der Waals surface area contributed by atoms with Crippen molar-refractivity contribution in [2.45, 2.75) is 47.1 Å². The molecule has 4 nitrogen and oxygen atoms in total. The fourth-order valence-electron chi connectivity index (χ4n) is 3.43. The van der Waals surface area contributed by atoms with E-state index in [1.165, 1.54) is 0 Å². The van der Waals surface area contributed by atoms with Gasteiger partial charge in [0.1, 0.15) is 6.61 Å². The molecule has 29 heavy (non-hydrogen) atoms. The van der Waals surface area contributed by atoms with Crippen LogP contribution in [0.1, 0.15) is 46.1 Å². The summed E-state index contributed by atoms with van der Waals surface area (Å²) < 4.78 is 5.75. The molecule has 3 aromatic carbocycles. The quantitative estimate of drug-likeness (QED) is 0.398. The van der Waals surface area contributed by atoms with Gasteiger partial charge in [-0.2, -0.15) is 0 Å². The lowest BCUT2D eigenvalue weighted by Gasteiger charge is -2.27. The molecular weight excluding hydrogens is 364 g/mol. The first-order valence-corrected chi connectivity index (χ1v) is 9.92. The molecular formula is C25H28O4. The van der Waals surface area contributed by atoms with Crippen LogP contribution in [0.5, 0.6) is 0 Å². The van der Waals surface area contributed by atoms with Crippen LogP contribution in [0.3, 0.4) is 0 Å². The molecule has 0 radical (unpaired) electrons.